The molecule has 1 fully saturated rings. The number of nitrogens with two attached hydrogens (primary N) is 1. The SMILES string of the molecule is Cn1cc(-c2nc(N3CCCC(N)C3)c(F)c3c2C(=O)NC3)cn1. The van der Waals surface area contributed by atoms with Gasteiger partial charge in [0, 0.05) is 50.0 Å². The number of nitrogens with one attached hydrogen (secondary N) is 1. The van der Waals surface area contributed by atoms with Gasteiger partial charge in [-0.1, -0.05) is 0 Å². The number of hydrogen-bond donors (Lipinski definition) is 2. The first-order chi connectivity index (χ1) is 11.5. The summed E-state index contributed by atoms with van der Waals surface area (Å²) in [5.41, 5.74) is 7.89. The van der Waals surface area contributed by atoms with Crippen molar-refractivity contribution in [2.45, 2.75) is 25.4 Å². The van der Waals surface area contributed by atoms with Crippen molar-refractivity contribution in [3.63, 3.8) is 0 Å². The molecule has 4 rings (SSSR count). The largest absolute Gasteiger partial charge is 0.353 e. The van der Waals surface area contributed by atoms with Crippen LogP contribution in [0.5, 0.6) is 0 Å². The van der Waals surface area contributed by atoms with E-state index in [1.54, 1.807) is 24.1 Å². The number of hydrogen-bond acceptors (Lipinski definition) is 5. The Morgan fingerprint density at radius 1 is 1.46 bits per heavy atom. The van der Waals surface area contributed by atoms with Crippen LogP contribution in [-0.2, 0) is 13.6 Å². The molecule has 0 spiro atoms. The molecule has 2 aromatic rings. The molecule has 7 nitrogen and oxygen atoms in total. The normalized spacial score (nSPS) is 20.2. The number of aryl methyl sites for hydroxylation is 1. The van der Waals surface area contributed by atoms with Crippen molar-refractivity contribution in [2.75, 3.05) is 18.0 Å². The number of carbonyl (C=O) groups excluding carboxylic acids is 1. The molecule has 2 aromatic heterocycles. The topological polar surface area (TPSA) is 89.1 Å². The monoisotopic (exact) mass is 330 g/mol. The van der Waals surface area contributed by atoms with Crippen LogP contribution in [0.4, 0.5) is 10.2 Å². The van der Waals surface area contributed by atoms with E-state index >= 15 is 4.39 Å². The molecular weight excluding hydrogens is 311 g/mol. The lowest BCUT2D eigenvalue weighted by atomic mass is 10.0. The van der Waals surface area contributed by atoms with Crippen molar-refractivity contribution in [3.8, 4) is 11.3 Å². The van der Waals surface area contributed by atoms with Gasteiger partial charge in [0.05, 0.1) is 17.5 Å². The third-order valence-electron chi connectivity index (χ3n) is 4.61. The zero-order valence-corrected chi connectivity index (χ0v) is 13.4. The third-order valence-corrected chi connectivity index (χ3v) is 4.61. The average molecular weight is 330 g/mol. The second kappa shape index (κ2) is 5.55. The van der Waals surface area contributed by atoms with E-state index in [9.17, 15) is 4.79 Å². The number of anilines is 1. The molecule has 1 saturated heterocycles. The maximum Gasteiger partial charge on any atom is 0.254 e. The Kier molecular flexibility index (Phi) is 3.49. The van der Waals surface area contributed by atoms with Crippen LogP contribution in [0.3, 0.4) is 0 Å². The Morgan fingerprint density at radius 2 is 2.29 bits per heavy atom. The van der Waals surface area contributed by atoms with Crippen molar-refractivity contribution in [1.82, 2.24) is 20.1 Å². The fraction of sp³-hybridized carbons (Fsp3) is 0.438. The van der Waals surface area contributed by atoms with Crippen LogP contribution in [0.25, 0.3) is 11.3 Å². The Bertz CT molecular complexity index is 817. The fourth-order valence-corrected chi connectivity index (χ4v) is 3.43. The molecule has 0 aromatic carbocycles. The molecule has 24 heavy (non-hydrogen) atoms. The summed E-state index contributed by atoms with van der Waals surface area (Å²) in [6, 6.07) is 0.00908. The number of piperidine rings is 1. The predicted molar refractivity (Wildman–Crippen MR) is 87.0 cm³/mol. The van der Waals surface area contributed by atoms with Gasteiger partial charge in [-0.3, -0.25) is 9.48 Å². The van der Waals surface area contributed by atoms with Gasteiger partial charge in [0.1, 0.15) is 0 Å². The van der Waals surface area contributed by atoms with Gasteiger partial charge in [-0.25, -0.2) is 9.37 Å². The third kappa shape index (κ3) is 2.34. The fourth-order valence-electron chi connectivity index (χ4n) is 3.43. The summed E-state index contributed by atoms with van der Waals surface area (Å²) in [5.74, 6) is -0.443. The molecule has 8 heteroatoms. The van der Waals surface area contributed by atoms with Gasteiger partial charge >= 0.3 is 0 Å². The molecule has 0 aliphatic carbocycles. The van der Waals surface area contributed by atoms with Gasteiger partial charge in [0.15, 0.2) is 11.6 Å². The number of pyridine rings is 1. The molecule has 1 amide bonds. The van der Waals surface area contributed by atoms with Gasteiger partial charge in [-0.05, 0) is 12.8 Å². The first kappa shape index (κ1) is 15.1. The van der Waals surface area contributed by atoms with E-state index in [0.29, 0.717) is 35.5 Å². The maximum absolute atomic E-state index is 15.0. The highest BCUT2D eigenvalue weighted by molar-refractivity contribution is 6.04. The van der Waals surface area contributed by atoms with Gasteiger partial charge in [-0.15, -0.1) is 0 Å². The van der Waals surface area contributed by atoms with Crippen LogP contribution >= 0.6 is 0 Å². The molecule has 0 saturated carbocycles. The number of aromatic nitrogens is 3. The number of nitrogens with zero attached hydrogens (tertiary/aromatic N) is 4. The van der Waals surface area contributed by atoms with Crippen LogP contribution in [0, 0.1) is 5.82 Å². The van der Waals surface area contributed by atoms with E-state index in [1.165, 1.54) is 0 Å². The van der Waals surface area contributed by atoms with Gasteiger partial charge < -0.3 is 16.0 Å². The molecule has 2 aliphatic heterocycles. The van der Waals surface area contributed by atoms with E-state index in [4.69, 9.17) is 5.73 Å². The van der Waals surface area contributed by atoms with E-state index in [0.717, 1.165) is 12.8 Å². The first-order valence-electron chi connectivity index (χ1n) is 8.04. The highest BCUT2D eigenvalue weighted by Crippen LogP contribution is 2.34. The number of rotatable bonds is 2. The molecule has 0 radical (unpaired) electrons. The van der Waals surface area contributed by atoms with Crippen LogP contribution in [0.2, 0.25) is 0 Å². The van der Waals surface area contributed by atoms with Crippen molar-refractivity contribution >= 4 is 11.7 Å². The maximum atomic E-state index is 15.0. The number of fused-ring (bicyclic) bond motifs is 1. The Labute approximate surface area is 138 Å². The number of carbonyl (C=O) groups is 1. The zero-order chi connectivity index (χ0) is 16.8. The summed E-state index contributed by atoms with van der Waals surface area (Å²) in [7, 11) is 1.79. The minimum absolute atomic E-state index is 0.00908. The summed E-state index contributed by atoms with van der Waals surface area (Å²) < 4.78 is 16.6. The summed E-state index contributed by atoms with van der Waals surface area (Å²) in [5, 5.41) is 6.83. The molecular formula is C16H19FN6O. The highest BCUT2D eigenvalue weighted by Gasteiger charge is 2.32. The van der Waals surface area contributed by atoms with E-state index in [1.807, 2.05) is 4.90 Å². The highest BCUT2D eigenvalue weighted by atomic mass is 19.1. The molecule has 2 aliphatic rings. The average Bonchev–Trinajstić information content (AvgIpc) is 3.15. The second-order valence-electron chi connectivity index (χ2n) is 6.39. The minimum Gasteiger partial charge on any atom is -0.353 e. The van der Waals surface area contributed by atoms with Crippen molar-refractivity contribution in [3.05, 3.63) is 29.3 Å². The van der Waals surface area contributed by atoms with Gasteiger partial charge in [-0.2, -0.15) is 5.10 Å². The molecule has 0 bridgehead atoms. The summed E-state index contributed by atoms with van der Waals surface area (Å²) >= 11 is 0. The molecule has 126 valence electrons. The van der Waals surface area contributed by atoms with Crippen LogP contribution in [0.1, 0.15) is 28.8 Å². The van der Waals surface area contributed by atoms with E-state index in [2.05, 4.69) is 15.4 Å². The summed E-state index contributed by atoms with van der Waals surface area (Å²) in [6.45, 7) is 1.46. The molecule has 1 unspecified atom stereocenters. The van der Waals surface area contributed by atoms with Crippen LogP contribution in [0.15, 0.2) is 12.4 Å². The summed E-state index contributed by atoms with van der Waals surface area (Å²) in [6.07, 6.45) is 5.24. The smallest absolute Gasteiger partial charge is 0.254 e. The van der Waals surface area contributed by atoms with Crippen LogP contribution in [-0.4, -0.2) is 39.8 Å². The zero-order valence-electron chi connectivity index (χ0n) is 13.4. The van der Waals surface area contributed by atoms with Gasteiger partial charge in [0.2, 0.25) is 0 Å². The number of halogens is 1. The minimum atomic E-state index is -0.426. The lowest BCUT2D eigenvalue weighted by Gasteiger charge is -2.32. The van der Waals surface area contributed by atoms with Crippen molar-refractivity contribution < 1.29 is 9.18 Å². The molecule has 1 atom stereocenters. The van der Waals surface area contributed by atoms with Crippen molar-refractivity contribution in [2.24, 2.45) is 12.8 Å². The standard InChI is InChI=1S/C16H19FN6O/c1-22-7-9(5-20-22)14-12-11(6-19-16(12)24)13(17)15(21-14)23-4-2-3-10(18)8-23/h5,7,10H,2-4,6,8,18H2,1H3,(H,19,24). The Morgan fingerprint density at radius 3 is 3.00 bits per heavy atom. The van der Waals surface area contributed by atoms with Crippen molar-refractivity contribution in [1.29, 1.82) is 0 Å². The van der Waals surface area contributed by atoms with Crippen LogP contribution < -0.4 is 16.0 Å². The van der Waals surface area contributed by atoms with E-state index in [-0.39, 0.29) is 24.3 Å². The lowest BCUT2D eigenvalue weighted by molar-refractivity contribution is 0.0966. The summed E-state index contributed by atoms with van der Waals surface area (Å²) in [4.78, 5) is 18.6. The second-order valence-corrected chi connectivity index (χ2v) is 6.39. The van der Waals surface area contributed by atoms with Gasteiger partial charge in [0.25, 0.3) is 5.91 Å². The Balaban J connectivity index is 1.88. The lowest BCUT2D eigenvalue weighted by Crippen LogP contribution is -2.43. The quantitative estimate of drug-likeness (QED) is 0.850. The Hall–Kier alpha value is -2.48. The molecule has 3 N–H and O–H groups in total. The number of amides is 1. The molecule has 4 heterocycles. The predicted octanol–water partition coefficient (Wildman–Crippen LogP) is 0.792. The van der Waals surface area contributed by atoms with E-state index < -0.39 is 5.82 Å². The first-order valence-corrected chi connectivity index (χ1v) is 8.04.